The van der Waals surface area contributed by atoms with Gasteiger partial charge in [-0.2, -0.15) is 0 Å². The van der Waals surface area contributed by atoms with E-state index >= 15 is 0 Å². The molecule has 0 aliphatic carbocycles. The number of nitrogens with one attached hydrogen (secondary N) is 1. The molecule has 0 aromatic rings. The number of hydrogen-bond acceptors (Lipinski definition) is 2. The minimum absolute atomic E-state index is 0.345. The predicted octanol–water partition coefficient (Wildman–Crippen LogP) is 4.71. The van der Waals surface area contributed by atoms with Crippen LogP contribution < -0.4 is 5.32 Å². The first-order valence-corrected chi connectivity index (χ1v) is 7.95. The van der Waals surface area contributed by atoms with E-state index in [1.807, 2.05) is 41.7 Å². The first-order chi connectivity index (χ1) is 8.97. The van der Waals surface area contributed by atoms with Crippen molar-refractivity contribution in [2.24, 2.45) is 0 Å². The van der Waals surface area contributed by atoms with Crippen molar-refractivity contribution >= 4 is 0 Å². The molecule has 1 fully saturated rings. The van der Waals surface area contributed by atoms with Crippen molar-refractivity contribution in [2.75, 3.05) is 20.1 Å². The zero-order chi connectivity index (χ0) is 15.9. The Hall–Kier alpha value is -0.340. The van der Waals surface area contributed by atoms with Crippen LogP contribution in [0.25, 0.3) is 0 Å². The molecule has 0 radical (unpaired) electrons. The lowest BCUT2D eigenvalue weighted by Gasteiger charge is -2.36. The van der Waals surface area contributed by atoms with Gasteiger partial charge in [0.05, 0.1) is 0 Å². The minimum Gasteiger partial charge on any atom is -0.318 e. The second-order valence-electron chi connectivity index (χ2n) is 5.13. The number of likely N-dealkylation sites (tertiary alicyclic amines) is 1. The summed E-state index contributed by atoms with van der Waals surface area (Å²) in [7, 11) is 2.04. The predicted molar refractivity (Wildman–Crippen MR) is 92.0 cm³/mol. The summed E-state index contributed by atoms with van der Waals surface area (Å²) in [5, 5.41) is 3.27. The minimum atomic E-state index is 0.345. The van der Waals surface area contributed by atoms with Gasteiger partial charge in [-0.15, -0.1) is 6.58 Å². The molecule has 1 saturated heterocycles. The SMILES string of the molecule is C=CC.CC.CC.CNCC1CCCN1C(C)(C)C. The third kappa shape index (κ3) is 12.4. The summed E-state index contributed by atoms with van der Waals surface area (Å²) in [6.07, 6.45) is 4.47. The monoisotopic (exact) mass is 272 g/mol. The van der Waals surface area contributed by atoms with E-state index in [0.29, 0.717) is 5.54 Å². The number of allylic oxidation sites excluding steroid dienone is 1. The third-order valence-corrected chi connectivity index (χ3v) is 2.68. The average Bonchev–Trinajstić information content (AvgIpc) is 2.84. The van der Waals surface area contributed by atoms with Crippen molar-refractivity contribution in [3.63, 3.8) is 0 Å². The van der Waals surface area contributed by atoms with Gasteiger partial charge in [-0.3, -0.25) is 4.90 Å². The summed E-state index contributed by atoms with van der Waals surface area (Å²) in [6.45, 7) is 22.6. The van der Waals surface area contributed by atoms with Gasteiger partial charge in [-0.05, 0) is 54.1 Å². The lowest BCUT2D eigenvalue weighted by atomic mass is 10.0. The van der Waals surface area contributed by atoms with Crippen molar-refractivity contribution in [1.29, 1.82) is 0 Å². The standard InChI is InChI=1S/C10H22N2.C3H6.2C2H6/c1-10(2,3)12-7-5-6-9(12)8-11-4;1-3-2;2*1-2/h9,11H,5-8H2,1-4H3;3H,1H2,2H3;2*1-2H3. The van der Waals surface area contributed by atoms with Crippen LogP contribution in [0.2, 0.25) is 0 Å². The first kappa shape index (κ1) is 23.7. The molecule has 1 aliphatic rings. The Bertz CT molecular complexity index is 171. The van der Waals surface area contributed by atoms with Crippen LogP contribution in [0.3, 0.4) is 0 Å². The average molecular weight is 273 g/mol. The van der Waals surface area contributed by atoms with E-state index in [1.165, 1.54) is 19.4 Å². The van der Waals surface area contributed by atoms with Crippen molar-refractivity contribution in [3.05, 3.63) is 12.7 Å². The molecular formula is C17H40N2. The maximum atomic E-state index is 3.36. The number of rotatable bonds is 2. The molecule has 0 amide bonds. The van der Waals surface area contributed by atoms with Crippen molar-refractivity contribution < 1.29 is 0 Å². The number of likely N-dealkylation sites (N-methyl/N-ethyl adjacent to an activating group) is 1. The Morgan fingerprint density at radius 1 is 1.21 bits per heavy atom. The first-order valence-electron chi connectivity index (χ1n) is 7.95. The quantitative estimate of drug-likeness (QED) is 0.732. The van der Waals surface area contributed by atoms with Gasteiger partial charge < -0.3 is 5.32 Å². The third-order valence-electron chi connectivity index (χ3n) is 2.68. The van der Waals surface area contributed by atoms with E-state index < -0.39 is 0 Å². The molecule has 0 aromatic carbocycles. The molecule has 19 heavy (non-hydrogen) atoms. The Labute approximate surface area is 123 Å². The summed E-state index contributed by atoms with van der Waals surface area (Å²) >= 11 is 0. The highest BCUT2D eigenvalue weighted by molar-refractivity contribution is 4.88. The zero-order valence-electron chi connectivity index (χ0n) is 15.1. The maximum Gasteiger partial charge on any atom is 0.0226 e. The molecular weight excluding hydrogens is 232 g/mol. The summed E-state index contributed by atoms with van der Waals surface area (Å²) < 4.78 is 0. The molecule has 2 heteroatoms. The molecule has 1 unspecified atom stereocenters. The Kier molecular flexibility index (Phi) is 19.6. The highest BCUT2D eigenvalue weighted by Crippen LogP contribution is 2.25. The second-order valence-corrected chi connectivity index (χ2v) is 5.13. The van der Waals surface area contributed by atoms with Gasteiger partial charge >= 0.3 is 0 Å². The molecule has 1 atom stereocenters. The van der Waals surface area contributed by atoms with E-state index in [-0.39, 0.29) is 0 Å². The Balaban J connectivity index is -0.000000313. The van der Waals surface area contributed by atoms with Gasteiger partial charge in [0, 0.05) is 18.1 Å². The normalized spacial score (nSPS) is 18.1. The smallest absolute Gasteiger partial charge is 0.0226 e. The lowest BCUT2D eigenvalue weighted by Crippen LogP contribution is -2.47. The van der Waals surface area contributed by atoms with Crippen LogP contribution in [0.1, 0.15) is 68.2 Å². The summed E-state index contributed by atoms with van der Waals surface area (Å²) in [4.78, 5) is 2.61. The summed E-state index contributed by atoms with van der Waals surface area (Å²) in [5.41, 5.74) is 0.345. The van der Waals surface area contributed by atoms with E-state index in [4.69, 9.17) is 0 Å². The lowest BCUT2D eigenvalue weighted by molar-refractivity contribution is 0.121. The molecule has 1 rings (SSSR count). The fraction of sp³-hybridized carbons (Fsp3) is 0.882. The van der Waals surface area contributed by atoms with Crippen LogP contribution in [0.5, 0.6) is 0 Å². The summed E-state index contributed by atoms with van der Waals surface area (Å²) in [6, 6.07) is 0.759. The summed E-state index contributed by atoms with van der Waals surface area (Å²) in [5.74, 6) is 0. The molecule has 0 spiro atoms. The van der Waals surface area contributed by atoms with Crippen LogP contribution in [0, 0.1) is 0 Å². The fourth-order valence-corrected chi connectivity index (χ4v) is 2.17. The van der Waals surface area contributed by atoms with Gasteiger partial charge in [0.15, 0.2) is 0 Å². The van der Waals surface area contributed by atoms with E-state index in [0.717, 1.165) is 12.6 Å². The second kappa shape index (κ2) is 15.7. The van der Waals surface area contributed by atoms with Crippen LogP contribution in [0.4, 0.5) is 0 Å². The molecule has 1 aliphatic heterocycles. The highest BCUT2D eigenvalue weighted by Gasteiger charge is 2.31. The molecule has 1 heterocycles. The van der Waals surface area contributed by atoms with Crippen molar-refractivity contribution in [2.45, 2.75) is 79.8 Å². The van der Waals surface area contributed by atoms with Crippen LogP contribution >= 0.6 is 0 Å². The van der Waals surface area contributed by atoms with E-state index in [1.54, 1.807) is 6.08 Å². The molecule has 0 bridgehead atoms. The number of nitrogens with zero attached hydrogens (tertiary/aromatic N) is 1. The van der Waals surface area contributed by atoms with Crippen LogP contribution in [-0.4, -0.2) is 36.6 Å². The van der Waals surface area contributed by atoms with E-state index in [9.17, 15) is 0 Å². The molecule has 0 aromatic heterocycles. The molecule has 118 valence electrons. The van der Waals surface area contributed by atoms with Gasteiger partial charge in [0.1, 0.15) is 0 Å². The zero-order valence-corrected chi connectivity index (χ0v) is 15.1. The van der Waals surface area contributed by atoms with Gasteiger partial charge in [-0.25, -0.2) is 0 Å². The van der Waals surface area contributed by atoms with Gasteiger partial charge in [-0.1, -0.05) is 33.8 Å². The van der Waals surface area contributed by atoms with Crippen LogP contribution in [-0.2, 0) is 0 Å². The topological polar surface area (TPSA) is 15.3 Å². The highest BCUT2D eigenvalue weighted by atomic mass is 15.2. The van der Waals surface area contributed by atoms with Gasteiger partial charge in [0.2, 0.25) is 0 Å². The maximum absolute atomic E-state index is 3.36. The van der Waals surface area contributed by atoms with Crippen LogP contribution in [0.15, 0.2) is 12.7 Å². The largest absolute Gasteiger partial charge is 0.318 e. The fourth-order valence-electron chi connectivity index (χ4n) is 2.17. The molecule has 0 saturated carbocycles. The molecule has 1 N–H and O–H groups in total. The Morgan fingerprint density at radius 3 is 1.95 bits per heavy atom. The Morgan fingerprint density at radius 2 is 1.63 bits per heavy atom. The molecule has 2 nitrogen and oxygen atoms in total. The number of hydrogen-bond donors (Lipinski definition) is 1. The van der Waals surface area contributed by atoms with Crippen molar-refractivity contribution in [1.82, 2.24) is 10.2 Å². The van der Waals surface area contributed by atoms with Gasteiger partial charge in [0.25, 0.3) is 0 Å². The van der Waals surface area contributed by atoms with E-state index in [2.05, 4.69) is 37.6 Å². The van der Waals surface area contributed by atoms with Crippen molar-refractivity contribution in [3.8, 4) is 0 Å².